The average molecular weight is 730 g/mol. The Bertz CT molecular complexity index is 3150. The fourth-order valence-corrected chi connectivity index (χ4v) is 9.49. The first-order valence-corrected chi connectivity index (χ1v) is 19.8. The fraction of sp³-hybridized carbons (Fsp3) is 0.0545. The summed E-state index contributed by atoms with van der Waals surface area (Å²) >= 11 is 0. The molecule has 57 heavy (non-hydrogen) atoms. The zero-order valence-electron chi connectivity index (χ0n) is 31.9. The van der Waals surface area contributed by atoms with Gasteiger partial charge in [-0.2, -0.15) is 0 Å². The van der Waals surface area contributed by atoms with Gasteiger partial charge in [-0.1, -0.05) is 178 Å². The van der Waals surface area contributed by atoms with Crippen molar-refractivity contribution < 1.29 is 4.42 Å². The van der Waals surface area contributed by atoms with Crippen molar-refractivity contribution in [1.82, 2.24) is 0 Å². The Kier molecular flexibility index (Phi) is 7.55. The molecule has 0 spiro atoms. The molecule has 0 bridgehead atoms. The number of hydrogen-bond donors (Lipinski definition) is 0. The third-order valence-corrected chi connectivity index (χ3v) is 12.1. The summed E-state index contributed by atoms with van der Waals surface area (Å²) in [5.74, 6) is 0. The molecule has 0 fully saturated rings. The summed E-state index contributed by atoms with van der Waals surface area (Å²) in [4.78, 5) is 2.44. The fourth-order valence-electron chi connectivity index (χ4n) is 9.49. The van der Waals surface area contributed by atoms with E-state index in [1.807, 2.05) is 0 Å². The Morgan fingerprint density at radius 3 is 1.82 bits per heavy atom. The molecule has 0 N–H and O–H groups in total. The standard InChI is InChI=1S/C55H39NO/c1-55(2)48-26-11-8-21-43(48)46-25-14-23-41(53(46)55)38-30-33-39(34-31-38)56(49-27-12-9-19-40(49)36-16-4-3-5-17-36)50-28-13-10-22-44(50)45-24-15-29-51-52(45)47-35-32-37-18-6-7-20-42(37)54(47)57-51/h3-35H,1-2H3. The molecule has 9 aromatic carbocycles. The van der Waals surface area contributed by atoms with Crippen LogP contribution in [0.5, 0.6) is 0 Å². The summed E-state index contributed by atoms with van der Waals surface area (Å²) in [6.07, 6.45) is 0. The van der Waals surface area contributed by atoms with Crippen molar-refractivity contribution in [2.24, 2.45) is 0 Å². The normalized spacial score (nSPS) is 12.9. The molecule has 2 nitrogen and oxygen atoms in total. The van der Waals surface area contributed by atoms with Crippen LogP contribution in [-0.2, 0) is 5.41 Å². The summed E-state index contributed by atoms with van der Waals surface area (Å²) in [7, 11) is 0. The molecule has 0 radical (unpaired) electrons. The largest absolute Gasteiger partial charge is 0.455 e. The molecule has 1 aliphatic carbocycles. The maximum Gasteiger partial charge on any atom is 0.143 e. The van der Waals surface area contributed by atoms with Crippen molar-refractivity contribution in [3.63, 3.8) is 0 Å². The van der Waals surface area contributed by atoms with E-state index in [2.05, 4.69) is 219 Å². The molecule has 270 valence electrons. The topological polar surface area (TPSA) is 16.4 Å². The summed E-state index contributed by atoms with van der Waals surface area (Å²) in [5, 5.41) is 4.54. The van der Waals surface area contributed by atoms with Gasteiger partial charge in [0.15, 0.2) is 0 Å². The maximum absolute atomic E-state index is 6.68. The molecule has 10 aromatic rings. The van der Waals surface area contributed by atoms with Crippen LogP contribution in [0.4, 0.5) is 17.1 Å². The van der Waals surface area contributed by atoms with Crippen LogP contribution in [-0.4, -0.2) is 0 Å². The van der Waals surface area contributed by atoms with Gasteiger partial charge in [0.1, 0.15) is 11.2 Å². The van der Waals surface area contributed by atoms with E-state index in [1.54, 1.807) is 0 Å². The highest BCUT2D eigenvalue weighted by molar-refractivity contribution is 6.19. The summed E-state index contributed by atoms with van der Waals surface area (Å²) in [6, 6.07) is 72.5. The summed E-state index contributed by atoms with van der Waals surface area (Å²) in [5.41, 5.74) is 17.5. The predicted molar refractivity (Wildman–Crippen MR) is 240 cm³/mol. The Labute approximate surface area is 332 Å². The van der Waals surface area contributed by atoms with Crippen molar-refractivity contribution in [3.05, 3.63) is 211 Å². The molecule has 1 heterocycles. The van der Waals surface area contributed by atoms with Crippen LogP contribution in [0.15, 0.2) is 205 Å². The van der Waals surface area contributed by atoms with E-state index in [4.69, 9.17) is 4.42 Å². The minimum absolute atomic E-state index is 0.106. The minimum atomic E-state index is -0.106. The second-order valence-corrected chi connectivity index (χ2v) is 15.6. The van der Waals surface area contributed by atoms with Gasteiger partial charge in [0.05, 0.1) is 11.4 Å². The Hall–Kier alpha value is -7.16. The zero-order valence-corrected chi connectivity index (χ0v) is 31.9. The van der Waals surface area contributed by atoms with E-state index in [0.29, 0.717) is 0 Å². The lowest BCUT2D eigenvalue weighted by atomic mass is 9.79. The van der Waals surface area contributed by atoms with Crippen molar-refractivity contribution in [2.75, 3.05) is 4.90 Å². The van der Waals surface area contributed by atoms with Crippen LogP contribution >= 0.6 is 0 Å². The Morgan fingerprint density at radius 2 is 1.00 bits per heavy atom. The minimum Gasteiger partial charge on any atom is -0.455 e. The highest BCUT2D eigenvalue weighted by Gasteiger charge is 2.37. The van der Waals surface area contributed by atoms with Gasteiger partial charge in [-0.15, -0.1) is 0 Å². The quantitative estimate of drug-likeness (QED) is 0.169. The molecule has 0 saturated carbocycles. The number of rotatable bonds is 6. The molecule has 0 unspecified atom stereocenters. The van der Waals surface area contributed by atoms with Gasteiger partial charge in [0.2, 0.25) is 0 Å². The van der Waals surface area contributed by atoms with Crippen LogP contribution in [0.3, 0.4) is 0 Å². The number of para-hydroxylation sites is 2. The van der Waals surface area contributed by atoms with Crippen LogP contribution in [0, 0.1) is 0 Å². The van der Waals surface area contributed by atoms with E-state index in [0.717, 1.165) is 61.1 Å². The van der Waals surface area contributed by atoms with Crippen LogP contribution < -0.4 is 4.90 Å². The second kappa shape index (κ2) is 13.0. The SMILES string of the molecule is CC1(C)c2ccccc2-c2cccc(-c3ccc(N(c4ccccc4-c4ccccc4)c4ccccc4-c4cccc5oc6c7ccccc7ccc6c45)cc3)c21. The molecule has 0 saturated heterocycles. The van der Waals surface area contributed by atoms with E-state index >= 15 is 0 Å². The lowest BCUT2D eigenvalue weighted by molar-refractivity contribution is 0.662. The zero-order chi connectivity index (χ0) is 38.1. The van der Waals surface area contributed by atoms with E-state index in [9.17, 15) is 0 Å². The molecule has 1 aliphatic rings. The number of hydrogen-bond acceptors (Lipinski definition) is 2. The number of fused-ring (bicyclic) bond motifs is 8. The highest BCUT2D eigenvalue weighted by atomic mass is 16.3. The molecule has 0 amide bonds. The molecule has 0 aliphatic heterocycles. The average Bonchev–Trinajstić information content (AvgIpc) is 3.77. The second-order valence-electron chi connectivity index (χ2n) is 15.6. The third-order valence-electron chi connectivity index (χ3n) is 12.1. The van der Waals surface area contributed by atoms with Gasteiger partial charge in [-0.05, 0) is 86.3 Å². The van der Waals surface area contributed by atoms with Crippen LogP contribution in [0.1, 0.15) is 25.0 Å². The van der Waals surface area contributed by atoms with Crippen LogP contribution in [0.25, 0.3) is 77.2 Å². The van der Waals surface area contributed by atoms with E-state index < -0.39 is 0 Å². The molecule has 2 heteroatoms. The number of anilines is 3. The van der Waals surface area contributed by atoms with Crippen molar-refractivity contribution in [3.8, 4) is 44.5 Å². The Morgan fingerprint density at radius 1 is 0.404 bits per heavy atom. The first-order valence-electron chi connectivity index (χ1n) is 19.8. The molecular formula is C55H39NO. The first kappa shape index (κ1) is 33.2. The maximum atomic E-state index is 6.68. The lowest BCUT2D eigenvalue weighted by Gasteiger charge is -2.30. The predicted octanol–water partition coefficient (Wildman–Crippen LogP) is 15.5. The summed E-state index contributed by atoms with van der Waals surface area (Å²) in [6.45, 7) is 4.72. The van der Waals surface area contributed by atoms with Gasteiger partial charge in [0.25, 0.3) is 0 Å². The van der Waals surface area contributed by atoms with Crippen molar-refractivity contribution >= 4 is 49.8 Å². The van der Waals surface area contributed by atoms with Crippen LogP contribution in [0.2, 0.25) is 0 Å². The molecular weight excluding hydrogens is 691 g/mol. The molecule has 11 rings (SSSR count). The van der Waals surface area contributed by atoms with E-state index in [-0.39, 0.29) is 5.41 Å². The Balaban J connectivity index is 1.12. The smallest absolute Gasteiger partial charge is 0.143 e. The molecule has 0 atom stereocenters. The highest BCUT2D eigenvalue weighted by Crippen LogP contribution is 2.53. The van der Waals surface area contributed by atoms with Gasteiger partial charge in [-0.3, -0.25) is 0 Å². The van der Waals surface area contributed by atoms with Gasteiger partial charge in [0, 0.05) is 38.4 Å². The van der Waals surface area contributed by atoms with E-state index in [1.165, 1.54) is 44.3 Å². The first-order chi connectivity index (χ1) is 28.1. The third kappa shape index (κ3) is 5.18. The number of nitrogens with zero attached hydrogens (tertiary/aromatic N) is 1. The summed E-state index contributed by atoms with van der Waals surface area (Å²) < 4.78 is 6.68. The lowest BCUT2D eigenvalue weighted by Crippen LogP contribution is -2.16. The van der Waals surface area contributed by atoms with Gasteiger partial charge in [-0.25, -0.2) is 0 Å². The van der Waals surface area contributed by atoms with Gasteiger partial charge < -0.3 is 9.32 Å². The van der Waals surface area contributed by atoms with Crippen molar-refractivity contribution in [2.45, 2.75) is 19.3 Å². The molecule has 1 aromatic heterocycles. The van der Waals surface area contributed by atoms with Gasteiger partial charge >= 0.3 is 0 Å². The number of furan rings is 1. The number of benzene rings is 9. The van der Waals surface area contributed by atoms with Crippen molar-refractivity contribution in [1.29, 1.82) is 0 Å². The monoisotopic (exact) mass is 729 g/mol.